The van der Waals surface area contributed by atoms with E-state index in [1.165, 1.54) is 12.8 Å². The highest BCUT2D eigenvalue weighted by Gasteiger charge is 2.27. The number of para-hydroxylation sites is 1. The van der Waals surface area contributed by atoms with Gasteiger partial charge in [0.1, 0.15) is 5.82 Å². The van der Waals surface area contributed by atoms with E-state index in [-0.39, 0.29) is 11.5 Å². The topological polar surface area (TPSA) is 64.4 Å². The summed E-state index contributed by atoms with van der Waals surface area (Å²) in [6.45, 7) is 9.05. The second-order valence-electron chi connectivity index (χ2n) is 9.34. The van der Waals surface area contributed by atoms with Gasteiger partial charge in [-0.1, -0.05) is 62.4 Å². The first-order chi connectivity index (χ1) is 16.9. The van der Waals surface area contributed by atoms with Gasteiger partial charge in [-0.25, -0.2) is 4.98 Å². The lowest BCUT2D eigenvalue weighted by Crippen LogP contribution is -2.39. The lowest BCUT2D eigenvalue weighted by Gasteiger charge is -2.31. The SMILES string of the molecule is CCCCCCCC(=O)N(CCOC)C(C)c1nc2ccccc2c(=O)n1-c1ccc(C)cc1C. The van der Waals surface area contributed by atoms with Gasteiger partial charge >= 0.3 is 0 Å². The molecule has 2 aromatic carbocycles. The van der Waals surface area contributed by atoms with Crippen molar-refractivity contribution in [3.8, 4) is 5.69 Å². The van der Waals surface area contributed by atoms with E-state index in [0.717, 1.165) is 36.1 Å². The van der Waals surface area contributed by atoms with Crippen LogP contribution in [0.3, 0.4) is 0 Å². The fourth-order valence-electron chi connectivity index (χ4n) is 4.61. The van der Waals surface area contributed by atoms with Gasteiger partial charge in [0.25, 0.3) is 5.56 Å². The molecule has 0 saturated heterocycles. The molecule has 0 aliphatic rings. The Morgan fingerprint density at radius 3 is 2.54 bits per heavy atom. The summed E-state index contributed by atoms with van der Waals surface area (Å²) in [4.78, 5) is 33.9. The normalized spacial score (nSPS) is 12.1. The van der Waals surface area contributed by atoms with Gasteiger partial charge in [-0.3, -0.25) is 14.2 Å². The van der Waals surface area contributed by atoms with Crippen LogP contribution in [0.2, 0.25) is 0 Å². The van der Waals surface area contributed by atoms with Gasteiger partial charge in [0.15, 0.2) is 0 Å². The summed E-state index contributed by atoms with van der Waals surface area (Å²) < 4.78 is 7.01. The van der Waals surface area contributed by atoms with Gasteiger partial charge in [0.2, 0.25) is 5.91 Å². The number of nitrogens with zero attached hydrogens (tertiary/aromatic N) is 3. The maximum absolute atomic E-state index is 13.8. The summed E-state index contributed by atoms with van der Waals surface area (Å²) in [5.41, 5.74) is 3.42. The molecule has 0 radical (unpaired) electrons. The van der Waals surface area contributed by atoms with Crippen molar-refractivity contribution in [2.75, 3.05) is 20.3 Å². The van der Waals surface area contributed by atoms with Gasteiger partial charge in [-0.15, -0.1) is 0 Å². The number of unbranched alkanes of at least 4 members (excludes halogenated alkanes) is 4. The quantitative estimate of drug-likeness (QED) is 0.305. The van der Waals surface area contributed by atoms with Crippen molar-refractivity contribution < 1.29 is 9.53 Å². The molecule has 3 rings (SSSR count). The number of hydrogen-bond acceptors (Lipinski definition) is 4. The zero-order chi connectivity index (χ0) is 25.4. The van der Waals surface area contributed by atoms with Crippen LogP contribution in [0.4, 0.5) is 0 Å². The number of methoxy groups -OCH3 is 1. The van der Waals surface area contributed by atoms with E-state index in [2.05, 4.69) is 13.0 Å². The summed E-state index contributed by atoms with van der Waals surface area (Å²) in [6.07, 6.45) is 5.92. The minimum Gasteiger partial charge on any atom is -0.383 e. The third-order valence-corrected chi connectivity index (χ3v) is 6.59. The molecule has 0 spiro atoms. The smallest absolute Gasteiger partial charge is 0.266 e. The van der Waals surface area contributed by atoms with Crippen LogP contribution in [0.1, 0.15) is 75.4 Å². The number of aryl methyl sites for hydroxylation is 2. The summed E-state index contributed by atoms with van der Waals surface area (Å²) in [7, 11) is 1.64. The predicted octanol–water partition coefficient (Wildman–Crippen LogP) is 5.90. The van der Waals surface area contributed by atoms with Crippen molar-refractivity contribution in [3.05, 3.63) is 69.8 Å². The first-order valence-corrected chi connectivity index (χ1v) is 12.8. The maximum atomic E-state index is 13.8. The molecule has 0 bridgehead atoms. The second kappa shape index (κ2) is 12.6. The second-order valence-corrected chi connectivity index (χ2v) is 9.34. The minimum atomic E-state index is -0.397. The summed E-state index contributed by atoms with van der Waals surface area (Å²) in [5, 5.41) is 0.564. The van der Waals surface area contributed by atoms with Crippen molar-refractivity contribution >= 4 is 16.8 Å². The molecule has 0 saturated carbocycles. The van der Waals surface area contributed by atoms with Crippen LogP contribution in [0.15, 0.2) is 47.3 Å². The van der Waals surface area contributed by atoms with E-state index in [4.69, 9.17) is 9.72 Å². The molecule has 0 aliphatic heterocycles. The van der Waals surface area contributed by atoms with Crippen LogP contribution in [-0.4, -0.2) is 40.6 Å². The van der Waals surface area contributed by atoms with E-state index < -0.39 is 6.04 Å². The molecule has 0 N–H and O–H groups in total. The van der Waals surface area contributed by atoms with Crippen molar-refractivity contribution in [1.82, 2.24) is 14.5 Å². The molecule has 6 heteroatoms. The highest BCUT2D eigenvalue weighted by molar-refractivity contribution is 5.79. The molecule has 1 aromatic heterocycles. The molecule has 35 heavy (non-hydrogen) atoms. The zero-order valence-electron chi connectivity index (χ0n) is 21.8. The Labute approximate surface area is 208 Å². The van der Waals surface area contributed by atoms with E-state index in [0.29, 0.717) is 36.3 Å². The Hall–Kier alpha value is -2.99. The molecule has 1 atom stereocenters. The number of benzene rings is 2. The number of rotatable bonds is 12. The fourth-order valence-corrected chi connectivity index (χ4v) is 4.61. The van der Waals surface area contributed by atoms with Gasteiger partial charge in [-0.05, 0) is 51.0 Å². The predicted molar refractivity (Wildman–Crippen MR) is 142 cm³/mol. The molecule has 1 unspecified atom stereocenters. The van der Waals surface area contributed by atoms with Crippen LogP contribution in [0, 0.1) is 13.8 Å². The number of amides is 1. The molecule has 6 nitrogen and oxygen atoms in total. The van der Waals surface area contributed by atoms with Gasteiger partial charge in [-0.2, -0.15) is 0 Å². The van der Waals surface area contributed by atoms with Gasteiger partial charge < -0.3 is 9.64 Å². The standard InChI is InChI=1S/C29H39N3O3/c1-6-7-8-9-10-15-27(33)31(18-19-35-5)23(4)28-30-25-14-12-11-13-24(25)29(34)32(28)26-17-16-21(2)20-22(26)3/h11-14,16-17,20,23H,6-10,15,18-19H2,1-5H3. The third-order valence-electron chi connectivity index (χ3n) is 6.59. The monoisotopic (exact) mass is 477 g/mol. The number of fused-ring (bicyclic) bond motifs is 1. The van der Waals surface area contributed by atoms with Crippen molar-refractivity contribution in [2.24, 2.45) is 0 Å². The Morgan fingerprint density at radius 1 is 1.09 bits per heavy atom. The highest BCUT2D eigenvalue weighted by Crippen LogP contribution is 2.25. The van der Waals surface area contributed by atoms with E-state index in [1.54, 1.807) is 11.7 Å². The lowest BCUT2D eigenvalue weighted by atomic mass is 10.1. The van der Waals surface area contributed by atoms with Crippen molar-refractivity contribution in [1.29, 1.82) is 0 Å². The number of carbonyl (C=O) groups excluding carboxylic acids is 1. The lowest BCUT2D eigenvalue weighted by molar-refractivity contribution is -0.134. The zero-order valence-corrected chi connectivity index (χ0v) is 21.8. The van der Waals surface area contributed by atoms with Gasteiger partial charge in [0.05, 0.1) is 29.2 Å². The minimum absolute atomic E-state index is 0.0700. The number of ether oxygens (including phenoxy) is 1. The molecule has 1 heterocycles. The van der Waals surface area contributed by atoms with Crippen LogP contribution in [0.25, 0.3) is 16.6 Å². The number of carbonyl (C=O) groups is 1. The van der Waals surface area contributed by atoms with Gasteiger partial charge in [0, 0.05) is 20.1 Å². The van der Waals surface area contributed by atoms with Crippen LogP contribution >= 0.6 is 0 Å². The number of aromatic nitrogens is 2. The Kier molecular flexibility index (Phi) is 9.61. The van der Waals surface area contributed by atoms with Crippen LogP contribution in [-0.2, 0) is 9.53 Å². The maximum Gasteiger partial charge on any atom is 0.266 e. The van der Waals surface area contributed by atoms with Crippen molar-refractivity contribution in [2.45, 2.75) is 72.3 Å². The van der Waals surface area contributed by atoms with Crippen LogP contribution < -0.4 is 5.56 Å². The summed E-state index contributed by atoms with van der Waals surface area (Å²) in [6, 6.07) is 13.0. The molecule has 0 aliphatic carbocycles. The molecule has 0 fully saturated rings. The van der Waals surface area contributed by atoms with E-state index >= 15 is 0 Å². The Bertz CT molecular complexity index is 1200. The highest BCUT2D eigenvalue weighted by atomic mass is 16.5. The number of hydrogen-bond donors (Lipinski definition) is 0. The Balaban J connectivity index is 2.07. The molecule has 1 amide bonds. The average Bonchev–Trinajstić information content (AvgIpc) is 2.84. The Morgan fingerprint density at radius 2 is 1.83 bits per heavy atom. The molecule has 188 valence electrons. The first kappa shape index (κ1) is 26.6. The third kappa shape index (κ3) is 6.37. The van der Waals surface area contributed by atoms with E-state index in [9.17, 15) is 9.59 Å². The van der Waals surface area contributed by atoms with Crippen molar-refractivity contribution in [3.63, 3.8) is 0 Å². The summed E-state index contributed by atoms with van der Waals surface area (Å²) in [5.74, 6) is 0.636. The van der Waals surface area contributed by atoms with E-state index in [1.807, 2.05) is 62.1 Å². The molecular weight excluding hydrogens is 438 g/mol. The average molecular weight is 478 g/mol. The van der Waals surface area contributed by atoms with Crippen LogP contribution in [0.5, 0.6) is 0 Å². The first-order valence-electron chi connectivity index (χ1n) is 12.8. The fraction of sp³-hybridized carbons (Fsp3) is 0.483. The summed E-state index contributed by atoms with van der Waals surface area (Å²) >= 11 is 0. The largest absolute Gasteiger partial charge is 0.383 e. The molecular formula is C29H39N3O3. The molecule has 3 aromatic rings.